The fraction of sp³-hybridized carbons (Fsp3) is 0.0625. The minimum Gasteiger partial charge on any atom is -0.301 e. The van der Waals surface area contributed by atoms with Gasteiger partial charge >= 0.3 is 0 Å². The van der Waals surface area contributed by atoms with Crippen LogP contribution in [0.5, 0.6) is 0 Å². The van der Waals surface area contributed by atoms with Gasteiger partial charge in [0.25, 0.3) is 0 Å². The third kappa shape index (κ3) is 3.83. The maximum absolute atomic E-state index is 4.91. The second-order valence-corrected chi connectivity index (χ2v) is 8.41. The molecular formula is C32H28N4. The first-order valence-electron chi connectivity index (χ1n) is 12.0. The van der Waals surface area contributed by atoms with Crippen molar-refractivity contribution in [3.63, 3.8) is 0 Å². The van der Waals surface area contributed by atoms with Gasteiger partial charge in [0, 0.05) is 40.1 Å². The van der Waals surface area contributed by atoms with Gasteiger partial charge in [-0.2, -0.15) is 0 Å². The number of hydrogen-bond donors (Lipinski definition) is 0. The highest BCUT2D eigenvalue weighted by atomic mass is 15.1. The van der Waals surface area contributed by atoms with E-state index in [0.717, 1.165) is 44.7 Å². The highest BCUT2D eigenvalue weighted by Crippen LogP contribution is 2.40. The summed E-state index contributed by atoms with van der Waals surface area (Å²) in [4.78, 5) is 9.35. The van der Waals surface area contributed by atoms with Crippen molar-refractivity contribution in [2.45, 2.75) is 13.8 Å². The number of aliphatic imine (C=N–C) groups is 1. The third-order valence-electron chi connectivity index (χ3n) is 6.27. The summed E-state index contributed by atoms with van der Waals surface area (Å²) in [6.07, 6.45) is 16.0. The summed E-state index contributed by atoms with van der Waals surface area (Å²) >= 11 is 0. The number of pyridine rings is 1. The van der Waals surface area contributed by atoms with Crippen molar-refractivity contribution in [1.82, 2.24) is 14.1 Å². The largest absolute Gasteiger partial charge is 0.301 e. The predicted molar refractivity (Wildman–Crippen MR) is 155 cm³/mol. The minimum absolute atomic E-state index is 0.781. The standard InChI is InChI=1S/C32H28N4/c1-5-11-26(12-6-2)36-30-28-20-21-35(25-18-16-24(17-19-25)23-14-9-8-10-15-23)32(28)34-22-29(30)27(13-7-3)31(36)33-4/h5-22H,1,4H2,2-3H3/b12-6-,13-7-,26-11+. The number of aromatic nitrogens is 3. The van der Waals surface area contributed by atoms with Gasteiger partial charge in [0.2, 0.25) is 0 Å². The van der Waals surface area contributed by atoms with Gasteiger partial charge in [0.05, 0.1) is 5.52 Å². The van der Waals surface area contributed by atoms with Gasteiger partial charge in [-0.25, -0.2) is 9.98 Å². The van der Waals surface area contributed by atoms with Crippen molar-refractivity contribution >= 4 is 46.2 Å². The van der Waals surface area contributed by atoms with E-state index in [0.29, 0.717) is 0 Å². The molecule has 0 atom stereocenters. The Hall–Kier alpha value is -4.70. The van der Waals surface area contributed by atoms with Crippen molar-refractivity contribution in [1.29, 1.82) is 0 Å². The first-order valence-corrected chi connectivity index (χ1v) is 12.0. The molecule has 176 valence electrons. The van der Waals surface area contributed by atoms with Crippen LogP contribution in [-0.2, 0) is 0 Å². The van der Waals surface area contributed by atoms with Crippen molar-refractivity contribution < 1.29 is 0 Å². The van der Waals surface area contributed by atoms with E-state index < -0.39 is 0 Å². The number of nitrogens with zero attached hydrogens (tertiary/aromatic N) is 4. The summed E-state index contributed by atoms with van der Waals surface area (Å²) in [5, 5.41) is 2.07. The van der Waals surface area contributed by atoms with Crippen LogP contribution in [-0.4, -0.2) is 20.8 Å². The predicted octanol–water partition coefficient (Wildman–Crippen LogP) is 8.62. The lowest BCUT2D eigenvalue weighted by Gasteiger charge is -2.10. The van der Waals surface area contributed by atoms with Gasteiger partial charge < -0.3 is 4.57 Å². The molecule has 5 rings (SSSR count). The second kappa shape index (κ2) is 9.88. The molecule has 0 bridgehead atoms. The van der Waals surface area contributed by atoms with Gasteiger partial charge in [-0.05, 0) is 62.0 Å². The van der Waals surface area contributed by atoms with E-state index in [1.54, 1.807) is 6.08 Å². The van der Waals surface area contributed by atoms with E-state index >= 15 is 0 Å². The molecule has 0 aliphatic carbocycles. The second-order valence-electron chi connectivity index (χ2n) is 8.41. The molecule has 36 heavy (non-hydrogen) atoms. The van der Waals surface area contributed by atoms with Gasteiger partial charge in [-0.1, -0.05) is 73.3 Å². The molecule has 0 fully saturated rings. The Morgan fingerprint density at radius 1 is 0.917 bits per heavy atom. The maximum atomic E-state index is 4.91. The highest BCUT2D eigenvalue weighted by molar-refractivity contribution is 6.11. The normalized spacial score (nSPS) is 12.3. The molecule has 0 saturated carbocycles. The molecule has 3 aromatic heterocycles. The van der Waals surface area contributed by atoms with Crippen molar-refractivity contribution in [2.75, 3.05) is 0 Å². The summed E-state index contributed by atoms with van der Waals surface area (Å²) < 4.78 is 4.27. The molecule has 0 N–H and O–H groups in total. The number of rotatable bonds is 7. The summed E-state index contributed by atoms with van der Waals surface area (Å²) in [5.41, 5.74) is 7.32. The molecule has 0 aliphatic heterocycles. The van der Waals surface area contributed by atoms with Crippen molar-refractivity contribution in [3.05, 3.63) is 116 Å². The smallest absolute Gasteiger partial charge is 0.146 e. The van der Waals surface area contributed by atoms with Gasteiger partial charge in [-0.15, -0.1) is 0 Å². The molecule has 5 aromatic rings. The number of allylic oxidation sites excluding steroid dienone is 6. The van der Waals surface area contributed by atoms with E-state index in [1.165, 1.54) is 11.1 Å². The van der Waals surface area contributed by atoms with Crippen LogP contribution < -0.4 is 0 Å². The lowest BCUT2D eigenvalue weighted by atomic mass is 10.1. The molecule has 0 saturated heterocycles. The molecule has 4 heteroatoms. The molecule has 0 spiro atoms. The Kier molecular flexibility index (Phi) is 6.33. The third-order valence-corrected chi connectivity index (χ3v) is 6.27. The summed E-state index contributed by atoms with van der Waals surface area (Å²) in [7, 11) is 0. The fourth-order valence-corrected chi connectivity index (χ4v) is 4.75. The Morgan fingerprint density at radius 2 is 1.67 bits per heavy atom. The van der Waals surface area contributed by atoms with Crippen molar-refractivity contribution in [3.8, 4) is 16.8 Å². The quantitative estimate of drug-likeness (QED) is 0.174. The van der Waals surface area contributed by atoms with Crippen LogP contribution in [0.1, 0.15) is 19.4 Å². The Bertz CT molecular complexity index is 1660. The monoisotopic (exact) mass is 468 g/mol. The van der Waals surface area contributed by atoms with Crippen molar-refractivity contribution in [2.24, 2.45) is 4.99 Å². The summed E-state index contributed by atoms with van der Waals surface area (Å²) in [6, 6.07) is 21.1. The number of benzene rings is 2. The van der Waals surface area contributed by atoms with E-state index in [2.05, 4.69) is 100 Å². The highest BCUT2D eigenvalue weighted by Gasteiger charge is 2.20. The first-order chi connectivity index (χ1) is 17.7. The Balaban J connectivity index is 1.76. The van der Waals surface area contributed by atoms with Gasteiger partial charge in [0.15, 0.2) is 0 Å². The minimum atomic E-state index is 0.781. The molecule has 0 amide bonds. The van der Waals surface area contributed by atoms with E-state index in [-0.39, 0.29) is 0 Å². The SMILES string of the molecule is C=C/C=C(\C=C/C)n1c(N=C)c(/C=C\C)c2cnc3c(ccn3-c3ccc(-c4ccccc4)cc3)c21. The average molecular weight is 469 g/mol. The van der Waals surface area contributed by atoms with Crippen LogP contribution in [0.15, 0.2) is 115 Å². The van der Waals surface area contributed by atoms with E-state index in [1.807, 2.05) is 44.3 Å². The van der Waals surface area contributed by atoms with E-state index in [4.69, 9.17) is 4.98 Å². The zero-order valence-corrected chi connectivity index (χ0v) is 20.6. The molecule has 0 radical (unpaired) electrons. The lowest BCUT2D eigenvalue weighted by Crippen LogP contribution is -1.97. The van der Waals surface area contributed by atoms with Crippen LogP contribution in [0.3, 0.4) is 0 Å². The zero-order chi connectivity index (χ0) is 25.1. The van der Waals surface area contributed by atoms with E-state index in [9.17, 15) is 0 Å². The zero-order valence-electron chi connectivity index (χ0n) is 20.6. The van der Waals surface area contributed by atoms with Gasteiger partial charge in [0.1, 0.15) is 11.5 Å². The fourth-order valence-electron chi connectivity index (χ4n) is 4.75. The molecule has 2 aromatic carbocycles. The van der Waals surface area contributed by atoms with Crippen LogP contribution >= 0.6 is 0 Å². The lowest BCUT2D eigenvalue weighted by molar-refractivity contribution is 1.09. The molecule has 3 heterocycles. The average Bonchev–Trinajstić information content (AvgIpc) is 3.48. The van der Waals surface area contributed by atoms with Crippen LogP contribution in [0.4, 0.5) is 5.82 Å². The van der Waals surface area contributed by atoms with Crippen LogP contribution in [0, 0.1) is 0 Å². The van der Waals surface area contributed by atoms with Crippen LogP contribution in [0.25, 0.3) is 50.5 Å². The Morgan fingerprint density at radius 3 is 2.33 bits per heavy atom. The summed E-state index contributed by atoms with van der Waals surface area (Å²) in [5.74, 6) is 0.781. The molecule has 4 nitrogen and oxygen atoms in total. The number of hydrogen-bond acceptors (Lipinski definition) is 2. The van der Waals surface area contributed by atoms with Crippen LogP contribution in [0.2, 0.25) is 0 Å². The molecule has 0 aliphatic rings. The summed E-state index contributed by atoms with van der Waals surface area (Å²) in [6.45, 7) is 11.8. The number of fused-ring (bicyclic) bond motifs is 3. The Labute approximate surface area is 211 Å². The molecule has 0 unspecified atom stereocenters. The maximum Gasteiger partial charge on any atom is 0.146 e. The first kappa shape index (κ1) is 23.1. The van der Waals surface area contributed by atoms with Gasteiger partial charge in [-0.3, -0.25) is 4.57 Å². The molecular weight excluding hydrogens is 440 g/mol. The topological polar surface area (TPSA) is 35.1 Å².